The van der Waals surface area contributed by atoms with Gasteiger partial charge in [0.2, 0.25) is 0 Å². The molecule has 0 unspecified atom stereocenters. The summed E-state index contributed by atoms with van der Waals surface area (Å²) >= 11 is 0. The lowest BCUT2D eigenvalue weighted by Gasteiger charge is -2.37. The van der Waals surface area contributed by atoms with E-state index < -0.39 is 5.82 Å². The smallest absolute Gasteiger partial charge is 0.256 e. The monoisotopic (exact) mass is 265 g/mol. The van der Waals surface area contributed by atoms with Crippen LogP contribution in [0.5, 0.6) is 0 Å². The Balaban J connectivity index is 2.07. The highest BCUT2D eigenvalue weighted by Gasteiger charge is 2.24. The first-order valence-electron chi connectivity index (χ1n) is 6.58. The van der Waals surface area contributed by atoms with E-state index in [4.69, 9.17) is 5.73 Å². The minimum absolute atomic E-state index is 0.0567. The third-order valence-electron chi connectivity index (χ3n) is 3.62. The second-order valence-corrected chi connectivity index (χ2v) is 5.12. The summed E-state index contributed by atoms with van der Waals surface area (Å²) < 4.78 is 13.4. The second kappa shape index (κ2) is 5.57. The molecule has 5 heteroatoms. The van der Waals surface area contributed by atoms with E-state index in [0.29, 0.717) is 19.1 Å². The van der Waals surface area contributed by atoms with Crippen LogP contribution in [-0.4, -0.2) is 47.9 Å². The number of benzene rings is 1. The van der Waals surface area contributed by atoms with E-state index in [-0.39, 0.29) is 17.2 Å². The van der Waals surface area contributed by atoms with Gasteiger partial charge in [0.25, 0.3) is 5.91 Å². The first-order valence-corrected chi connectivity index (χ1v) is 6.58. The van der Waals surface area contributed by atoms with Crippen LogP contribution >= 0.6 is 0 Å². The molecule has 1 aliphatic heterocycles. The molecule has 1 saturated heterocycles. The first-order chi connectivity index (χ1) is 9.00. The Morgan fingerprint density at radius 1 is 1.26 bits per heavy atom. The Hall–Kier alpha value is -1.62. The van der Waals surface area contributed by atoms with E-state index in [1.807, 2.05) is 0 Å². The number of anilines is 1. The summed E-state index contributed by atoms with van der Waals surface area (Å²) in [4.78, 5) is 16.4. The topological polar surface area (TPSA) is 49.6 Å². The van der Waals surface area contributed by atoms with Crippen LogP contribution in [-0.2, 0) is 0 Å². The maximum Gasteiger partial charge on any atom is 0.256 e. The number of nitrogen functional groups attached to an aromatic ring is 1. The second-order valence-electron chi connectivity index (χ2n) is 5.12. The van der Waals surface area contributed by atoms with Crippen LogP contribution in [0.4, 0.5) is 10.1 Å². The summed E-state index contributed by atoms with van der Waals surface area (Å²) in [6.45, 7) is 7.29. The van der Waals surface area contributed by atoms with Crippen molar-refractivity contribution in [3.05, 3.63) is 29.6 Å². The SMILES string of the molecule is CC(C)N1CCN(C(=O)c2cccc(F)c2N)CC1. The first kappa shape index (κ1) is 13.8. The fraction of sp³-hybridized carbons (Fsp3) is 0.500. The van der Waals surface area contributed by atoms with Crippen molar-refractivity contribution in [2.24, 2.45) is 0 Å². The summed E-state index contributed by atoms with van der Waals surface area (Å²) in [6.07, 6.45) is 0. The van der Waals surface area contributed by atoms with E-state index in [2.05, 4.69) is 18.7 Å². The molecule has 0 aliphatic carbocycles. The highest BCUT2D eigenvalue weighted by Crippen LogP contribution is 2.19. The van der Waals surface area contributed by atoms with Crippen molar-refractivity contribution in [1.82, 2.24) is 9.80 Å². The molecular weight excluding hydrogens is 245 g/mol. The van der Waals surface area contributed by atoms with Crippen molar-refractivity contribution in [2.75, 3.05) is 31.9 Å². The van der Waals surface area contributed by atoms with Crippen molar-refractivity contribution in [3.8, 4) is 0 Å². The largest absolute Gasteiger partial charge is 0.396 e. The quantitative estimate of drug-likeness (QED) is 0.826. The molecule has 0 bridgehead atoms. The number of hydrogen-bond acceptors (Lipinski definition) is 3. The van der Waals surface area contributed by atoms with Gasteiger partial charge in [-0.25, -0.2) is 4.39 Å². The molecule has 1 aromatic rings. The van der Waals surface area contributed by atoms with Crippen molar-refractivity contribution in [1.29, 1.82) is 0 Å². The number of piperazine rings is 1. The highest BCUT2D eigenvalue weighted by molar-refractivity contribution is 5.99. The van der Waals surface area contributed by atoms with Gasteiger partial charge >= 0.3 is 0 Å². The van der Waals surface area contributed by atoms with Gasteiger partial charge < -0.3 is 10.6 Å². The predicted molar refractivity (Wildman–Crippen MR) is 73.4 cm³/mol. The summed E-state index contributed by atoms with van der Waals surface area (Å²) in [5.41, 5.74) is 5.84. The molecule has 1 amide bonds. The molecular formula is C14H20FN3O. The van der Waals surface area contributed by atoms with Gasteiger partial charge in [0.1, 0.15) is 5.82 Å². The number of nitrogens with zero attached hydrogens (tertiary/aromatic N) is 2. The van der Waals surface area contributed by atoms with Crippen LogP contribution in [0.2, 0.25) is 0 Å². The van der Waals surface area contributed by atoms with Gasteiger partial charge in [-0.3, -0.25) is 9.69 Å². The standard InChI is InChI=1S/C14H20FN3O/c1-10(2)17-6-8-18(9-7-17)14(19)11-4-3-5-12(15)13(11)16/h3-5,10H,6-9,16H2,1-2H3. The average molecular weight is 265 g/mol. The molecule has 1 heterocycles. The van der Waals surface area contributed by atoms with Gasteiger partial charge in [-0.2, -0.15) is 0 Å². The third kappa shape index (κ3) is 2.87. The van der Waals surface area contributed by atoms with Crippen LogP contribution < -0.4 is 5.73 Å². The van der Waals surface area contributed by atoms with Crippen molar-refractivity contribution >= 4 is 11.6 Å². The Bertz CT molecular complexity index is 468. The fourth-order valence-electron chi connectivity index (χ4n) is 2.34. The highest BCUT2D eigenvalue weighted by atomic mass is 19.1. The zero-order valence-electron chi connectivity index (χ0n) is 11.4. The van der Waals surface area contributed by atoms with Crippen LogP contribution in [0.3, 0.4) is 0 Å². The van der Waals surface area contributed by atoms with Gasteiger partial charge in [-0.05, 0) is 26.0 Å². The van der Waals surface area contributed by atoms with E-state index >= 15 is 0 Å². The third-order valence-corrected chi connectivity index (χ3v) is 3.62. The minimum Gasteiger partial charge on any atom is -0.396 e. The number of hydrogen-bond donors (Lipinski definition) is 1. The number of amides is 1. The lowest BCUT2D eigenvalue weighted by Crippen LogP contribution is -2.50. The molecule has 2 rings (SSSR count). The molecule has 0 radical (unpaired) electrons. The Kier molecular flexibility index (Phi) is 4.04. The lowest BCUT2D eigenvalue weighted by atomic mass is 10.1. The fourth-order valence-corrected chi connectivity index (χ4v) is 2.34. The molecule has 0 atom stereocenters. The zero-order valence-corrected chi connectivity index (χ0v) is 11.4. The lowest BCUT2D eigenvalue weighted by molar-refractivity contribution is 0.0596. The van der Waals surface area contributed by atoms with Gasteiger partial charge in [0, 0.05) is 32.2 Å². The normalized spacial score (nSPS) is 16.9. The Morgan fingerprint density at radius 2 is 1.89 bits per heavy atom. The molecule has 104 valence electrons. The molecule has 1 aliphatic rings. The van der Waals surface area contributed by atoms with Crippen LogP contribution in [0.1, 0.15) is 24.2 Å². The van der Waals surface area contributed by atoms with E-state index in [0.717, 1.165) is 13.1 Å². The summed E-state index contributed by atoms with van der Waals surface area (Å²) in [6, 6.07) is 4.85. The van der Waals surface area contributed by atoms with E-state index in [1.54, 1.807) is 11.0 Å². The molecule has 4 nitrogen and oxygen atoms in total. The number of halogens is 1. The maximum atomic E-state index is 13.4. The van der Waals surface area contributed by atoms with Gasteiger partial charge in [-0.15, -0.1) is 0 Å². The molecule has 0 saturated carbocycles. The molecule has 19 heavy (non-hydrogen) atoms. The number of nitrogens with two attached hydrogens (primary N) is 1. The van der Waals surface area contributed by atoms with Crippen LogP contribution in [0.15, 0.2) is 18.2 Å². The number of para-hydroxylation sites is 1. The van der Waals surface area contributed by atoms with E-state index in [9.17, 15) is 9.18 Å². The van der Waals surface area contributed by atoms with Crippen LogP contribution in [0.25, 0.3) is 0 Å². The molecule has 0 aromatic heterocycles. The minimum atomic E-state index is -0.535. The molecule has 1 aromatic carbocycles. The Morgan fingerprint density at radius 3 is 2.47 bits per heavy atom. The number of carbonyl (C=O) groups is 1. The summed E-state index contributed by atoms with van der Waals surface area (Å²) in [7, 11) is 0. The number of rotatable bonds is 2. The maximum absolute atomic E-state index is 13.4. The summed E-state index contributed by atoms with van der Waals surface area (Å²) in [5, 5.41) is 0. The van der Waals surface area contributed by atoms with Gasteiger partial charge in [0.15, 0.2) is 0 Å². The van der Waals surface area contributed by atoms with Crippen molar-refractivity contribution in [3.63, 3.8) is 0 Å². The molecule has 2 N–H and O–H groups in total. The van der Waals surface area contributed by atoms with Gasteiger partial charge in [0.05, 0.1) is 11.3 Å². The number of carbonyl (C=O) groups excluding carboxylic acids is 1. The van der Waals surface area contributed by atoms with Gasteiger partial charge in [-0.1, -0.05) is 6.07 Å². The average Bonchev–Trinajstić information content (AvgIpc) is 2.41. The van der Waals surface area contributed by atoms with Crippen molar-refractivity contribution < 1.29 is 9.18 Å². The predicted octanol–water partition coefficient (Wildman–Crippen LogP) is 1.57. The molecule has 0 spiro atoms. The zero-order chi connectivity index (χ0) is 14.0. The summed E-state index contributed by atoms with van der Waals surface area (Å²) in [5.74, 6) is -0.716. The van der Waals surface area contributed by atoms with Crippen LogP contribution in [0, 0.1) is 5.82 Å². The molecule has 1 fully saturated rings. The van der Waals surface area contributed by atoms with E-state index in [1.165, 1.54) is 12.1 Å². The Labute approximate surface area is 113 Å². The van der Waals surface area contributed by atoms with Crippen molar-refractivity contribution in [2.45, 2.75) is 19.9 Å².